The molecule has 1 heterocycles. The summed E-state index contributed by atoms with van der Waals surface area (Å²) in [6, 6.07) is 0. The zero-order chi connectivity index (χ0) is 15.2. The van der Waals surface area contributed by atoms with Gasteiger partial charge in [-0.2, -0.15) is 0 Å². The van der Waals surface area contributed by atoms with E-state index < -0.39 is 0 Å². The first-order valence-corrected chi connectivity index (χ1v) is 8.12. The molecule has 1 rings (SSSR count). The lowest BCUT2D eigenvalue weighted by atomic mass is 10.1. The van der Waals surface area contributed by atoms with Crippen LogP contribution in [0.2, 0.25) is 0 Å². The minimum absolute atomic E-state index is 0.136. The van der Waals surface area contributed by atoms with Crippen LogP contribution in [-0.2, 0) is 17.8 Å². The first-order chi connectivity index (χ1) is 9.26. The van der Waals surface area contributed by atoms with Gasteiger partial charge in [0.2, 0.25) is 0 Å². The van der Waals surface area contributed by atoms with Crippen LogP contribution in [0.25, 0.3) is 0 Å². The molecule has 0 aliphatic carbocycles. The topological polar surface area (TPSA) is 37.4 Å². The van der Waals surface area contributed by atoms with E-state index in [0.29, 0.717) is 6.10 Å². The highest BCUT2D eigenvalue weighted by Gasteiger charge is 2.11. The average molecular weight is 299 g/mol. The van der Waals surface area contributed by atoms with Crippen LogP contribution in [0, 0.1) is 0 Å². The number of rotatable bonds is 8. The maximum absolute atomic E-state index is 5.56. The fourth-order valence-corrected chi connectivity index (χ4v) is 2.37. The molecule has 0 bridgehead atoms. The van der Waals surface area contributed by atoms with Crippen molar-refractivity contribution in [3.8, 4) is 0 Å². The summed E-state index contributed by atoms with van der Waals surface area (Å²) in [4.78, 5) is 6.92. The van der Waals surface area contributed by atoms with E-state index in [1.165, 1.54) is 0 Å². The van der Waals surface area contributed by atoms with E-state index in [-0.39, 0.29) is 5.54 Å². The minimum Gasteiger partial charge on any atom is -0.377 e. The van der Waals surface area contributed by atoms with Crippen molar-refractivity contribution in [1.29, 1.82) is 0 Å². The quantitative estimate of drug-likeness (QED) is 0.801. The third-order valence-corrected chi connectivity index (χ3v) is 3.62. The van der Waals surface area contributed by atoms with Gasteiger partial charge in [-0.15, -0.1) is 11.3 Å². The standard InChI is InChI=1S/C15H29N3OS/c1-12(2)19-8-7-18(6)10-13-11-20-14(17-13)9-16-15(3,4)5/h11-12,16H,7-10H2,1-6H3. The molecule has 0 atom stereocenters. The number of hydrogen-bond donors (Lipinski definition) is 1. The fourth-order valence-electron chi connectivity index (χ4n) is 1.64. The van der Waals surface area contributed by atoms with Gasteiger partial charge in [0, 0.05) is 30.6 Å². The lowest BCUT2D eigenvalue weighted by molar-refractivity contribution is 0.0625. The molecule has 0 aromatic carbocycles. The molecule has 0 amide bonds. The summed E-state index contributed by atoms with van der Waals surface area (Å²) in [6.07, 6.45) is 0.303. The summed E-state index contributed by atoms with van der Waals surface area (Å²) in [5.41, 5.74) is 1.28. The van der Waals surface area contributed by atoms with Gasteiger partial charge in [0.25, 0.3) is 0 Å². The van der Waals surface area contributed by atoms with Gasteiger partial charge in [-0.05, 0) is 41.7 Å². The molecule has 0 saturated carbocycles. The largest absolute Gasteiger partial charge is 0.377 e. The number of thiazole rings is 1. The van der Waals surface area contributed by atoms with Crippen molar-refractivity contribution in [3.63, 3.8) is 0 Å². The number of nitrogens with one attached hydrogen (secondary N) is 1. The molecular weight excluding hydrogens is 270 g/mol. The van der Waals surface area contributed by atoms with E-state index in [1.807, 2.05) is 0 Å². The number of ether oxygens (including phenoxy) is 1. The van der Waals surface area contributed by atoms with Crippen molar-refractivity contribution in [2.24, 2.45) is 0 Å². The Morgan fingerprint density at radius 3 is 2.70 bits per heavy atom. The van der Waals surface area contributed by atoms with Crippen LogP contribution in [-0.4, -0.2) is 41.7 Å². The van der Waals surface area contributed by atoms with Crippen LogP contribution in [0.4, 0.5) is 0 Å². The molecule has 1 aromatic rings. The molecule has 0 saturated heterocycles. The van der Waals surface area contributed by atoms with E-state index in [1.54, 1.807) is 11.3 Å². The third kappa shape index (κ3) is 7.94. The molecule has 0 fully saturated rings. The highest BCUT2D eigenvalue weighted by atomic mass is 32.1. The van der Waals surface area contributed by atoms with Gasteiger partial charge >= 0.3 is 0 Å². The van der Waals surface area contributed by atoms with Gasteiger partial charge in [0.05, 0.1) is 18.4 Å². The van der Waals surface area contributed by atoms with E-state index >= 15 is 0 Å². The van der Waals surface area contributed by atoms with Crippen LogP contribution in [0.3, 0.4) is 0 Å². The summed E-state index contributed by atoms with van der Waals surface area (Å²) in [5.74, 6) is 0. The Morgan fingerprint density at radius 1 is 1.40 bits per heavy atom. The van der Waals surface area contributed by atoms with Crippen LogP contribution >= 0.6 is 11.3 Å². The molecule has 0 aliphatic heterocycles. The third-order valence-electron chi connectivity index (χ3n) is 2.73. The van der Waals surface area contributed by atoms with Crippen molar-refractivity contribution >= 4 is 11.3 Å². The molecule has 0 unspecified atom stereocenters. The molecule has 0 aliphatic rings. The second kappa shape index (κ2) is 8.08. The Kier molecular flexibility index (Phi) is 7.09. The second-order valence-electron chi connectivity index (χ2n) is 6.49. The predicted octanol–water partition coefficient (Wildman–Crippen LogP) is 2.89. The van der Waals surface area contributed by atoms with Crippen molar-refractivity contribution in [3.05, 3.63) is 16.1 Å². The van der Waals surface area contributed by atoms with Crippen LogP contribution in [0.15, 0.2) is 5.38 Å². The van der Waals surface area contributed by atoms with Gasteiger partial charge in [0.15, 0.2) is 0 Å². The zero-order valence-corrected chi connectivity index (χ0v) is 14.5. The molecule has 1 aromatic heterocycles. The van der Waals surface area contributed by atoms with Crippen molar-refractivity contribution < 1.29 is 4.74 Å². The summed E-state index contributed by atoms with van der Waals surface area (Å²) < 4.78 is 5.56. The molecule has 4 nitrogen and oxygen atoms in total. The van der Waals surface area contributed by atoms with Gasteiger partial charge in [-0.25, -0.2) is 4.98 Å². The normalized spacial score (nSPS) is 12.6. The monoisotopic (exact) mass is 299 g/mol. The Hall–Kier alpha value is -0.490. The summed E-state index contributed by atoms with van der Waals surface area (Å²) >= 11 is 1.73. The van der Waals surface area contributed by atoms with E-state index in [2.05, 4.69) is 62.2 Å². The number of aromatic nitrogens is 1. The minimum atomic E-state index is 0.136. The van der Waals surface area contributed by atoms with E-state index in [9.17, 15) is 0 Å². The Morgan fingerprint density at radius 2 is 2.10 bits per heavy atom. The van der Waals surface area contributed by atoms with Crippen molar-refractivity contribution in [2.75, 3.05) is 20.2 Å². The predicted molar refractivity (Wildman–Crippen MR) is 86.1 cm³/mol. The van der Waals surface area contributed by atoms with Crippen LogP contribution < -0.4 is 5.32 Å². The van der Waals surface area contributed by atoms with Crippen LogP contribution in [0.5, 0.6) is 0 Å². The SMILES string of the molecule is CC(C)OCCN(C)Cc1csc(CNC(C)(C)C)n1. The van der Waals surface area contributed by atoms with Crippen molar-refractivity contribution in [2.45, 2.75) is 59.4 Å². The smallest absolute Gasteiger partial charge is 0.107 e. The summed E-state index contributed by atoms with van der Waals surface area (Å²) in [7, 11) is 2.11. The maximum Gasteiger partial charge on any atom is 0.107 e. The molecule has 20 heavy (non-hydrogen) atoms. The first kappa shape index (κ1) is 17.6. The van der Waals surface area contributed by atoms with Gasteiger partial charge in [0.1, 0.15) is 5.01 Å². The number of likely N-dealkylation sites (N-methyl/N-ethyl adjacent to an activating group) is 1. The maximum atomic E-state index is 5.56. The van der Waals surface area contributed by atoms with Gasteiger partial charge < -0.3 is 10.1 Å². The molecular formula is C15H29N3OS. The molecule has 0 spiro atoms. The fraction of sp³-hybridized carbons (Fsp3) is 0.800. The van der Waals surface area contributed by atoms with E-state index in [0.717, 1.165) is 36.9 Å². The molecule has 0 radical (unpaired) electrons. The first-order valence-electron chi connectivity index (χ1n) is 7.25. The van der Waals surface area contributed by atoms with Crippen molar-refractivity contribution in [1.82, 2.24) is 15.2 Å². The highest BCUT2D eigenvalue weighted by Crippen LogP contribution is 2.12. The molecule has 116 valence electrons. The summed E-state index contributed by atoms with van der Waals surface area (Å²) in [5, 5.41) is 6.77. The van der Waals surface area contributed by atoms with E-state index in [4.69, 9.17) is 4.74 Å². The Balaban J connectivity index is 2.32. The lowest BCUT2D eigenvalue weighted by Gasteiger charge is -2.19. The molecule has 5 heteroatoms. The summed E-state index contributed by atoms with van der Waals surface area (Å²) in [6.45, 7) is 14.1. The van der Waals surface area contributed by atoms with Gasteiger partial charge in [-0.3, -0.25) is 4.90 Å². The Bertz CT molecular complexity index is 385. The molecule has 1 N–H and O–H groups in total. The highest BCUT2D eigenvalue weighted by molar-refractivity contribution is 7.09. The average Bonchev–Trinajstić information content (AvgIpc) is 2.72. The van der Waals surface area contributed by atoms with Crippen LogP contribution in [0.1, 0.15) is 45.3 Å². The zero-order valence-electron chi connectivity index (χ0n) is 13.7. The lowest BCUT2D eigenvalue weighted by Crippen LogP contribution is -2.35. The van der Waals surface area contributed by atoms with Gasteiger partial charge in [-0.1, -0.05) is 0 Å². The number of hydrogen-bond acceptors (Lipinski definition) is 5. The number of nitrogens with zero attached hydrogens (tertiary/aromatic N) is 2. The Labute approximate surface area is 127 Å². The second-order valence-corrected chi connectivity index (χ2v) is 7.44.